The summed E-state index contributed by atoms with van der Waals surface area (Å²) >= 11 is 0. The van der Waals surface area contributed by atoms with E-state index in [1.807, 2.05) is 0 Å². The molecule has 0 fully saturated rings. The SMILES string of the molecule is O=C(CCc1ccccc1O)NCc1cccc(C(F)(F)F)c1. The number of nitrogens with one attached hydrogen (secondary N) is 1. The van der Waals surface area contributed by atoms with Gasteiger partial charge in [-0.2, -0.15) is 13.2 Å². The first kappa shape index (κ1) is 16.9. The number of aromatic hydroxyl groups is 1. The van der Waals surface area contributed by atoms with E-state index in [1.165, 1.54) is 18.2 Å². The fourth-order valence-electron chi connectivity index (χ4n) is 2.12. The van der Waals surface area contributed by atoms with E-state index in [1.54, 1.807) is 18.2 Å². The molecule has 2 aromatic rings. The second kappa shape index (κ2) is 7.17. The molecule has 3 nitrogen and oxygen atoms in total. The lowest BCUT2D eigenvalue weighted by molar-refractivity contribution is -0.137. The van der Waals surface area contributed by atoms with Gasteiger partial charge in [0, 0.05) is 13.0 Å². The summed E-state index contributed by atoms with van der Waals surface area (Å²) in [5, 5.41) is 12.2. The first-order chi connectivity index (χ1) is 10.9. The van der Waals surface area contributed by atoms with E-state index in [4.69, 9.17) is 0 Å². The van der Waals surface area contributed by atoms with Gasteiger partial charge in [-0.1, -0.05) is 30.3 Å². The summed E-state index contributed by atoms with van der Waals surface area (Å²) in [7, 11) is 0. The van der Waals surface area contributed by atoms with Crippen LogP contribution in [0.25, 0.3) is 0 Å². The maximum Gasteiger partial charge on any atom is 0.416 e. The van der Waals surface area contributed by atoms with Crippen LogP contribution in [0.4, 0.5) is 13.2 Å². The molecule has 2 aromatic carbocycles. The lowest BCUT2D eigenvalue weighted by atomic mass is 10.1. The number of phenols is 1. The van der Waals surface area contributed by atoms with Gasteiger partial charge in [0.2, 0.25) is 5.91 Å². The van der Waals surface area contributed by atoms with Gasteiger partial charge in [-0.3, -0.25) is 4.79 Å². The molecule has 2 N–H and O–H groups in total. The predicted molar refractivity (Wildman–Crippen MR) is 79.7 cm³/mol. The second-order valence-electron chi connectivity index (χ2n) is 5.10. The Morgan fingerprint density at radius 1 is 1.09 bits per heavy atom. The van der Waals surface area contributed by atoms with Crippen LogP contribution in [0.1, 0.15) is 23.1 Å². The molecule has 0 radical (unpaired) electrons. The lowest BCUT2D eigenvalue weighted by Gasteiger charge is -2.10. The number of carbonyl (C=O) groups is 1. The van der Waals surface area contributed by atoms with Gasteiger partial charge >= 0.3 is 6.18 Å². The molecule has 122 valence electrons. The number of para-hydroxylation sites is 1. The zero-order valence-corrected chi connectivity index (χ0v) is 12.2. The first-order valence-electron chi connectivity index (χ1n) is 7.06. The van der Waals surface area contributed by atoms with Crippen molar-refractivity contribution in [3.05, 3.63) is 65.2 Å². The van der Waals surface area contributed by atoms with Crippen LogP contribution in [0, 0.1) is 0 Å². The number of benzene rings is 2. The fraction of sp³-hybridized carbons (Fsp3) is 0.235. The maximum atomic E-state index is 12.6. The van der Waals surface area contributed by atoms with Crippen molar-refractivity contribution in [3.63, 3.8) is 0 Å². The van der Waals surface area contributed by atoms with Crippen molar-refractivity contribution in [2.24, 2.45) is 0 Å². The zero-order chi connectivity index (χ0) is 16.9. The van der Waals surface area contributed by atoms with E-state index in [2.05, 4.69) is 5.32 Å². The average Bonchev–Trinajstić information content (AvgIpc) is 2.51. The van der Waals surface area contributed by atoms with Crippen LogP contribution < -0.4 is 5.32 Å². The fourth-order valence-corrected chi connectivity index (χ4v) is 2.12. The molecular formula is C17H16F3NO2. The highest BCUT2D eigenvalue weighted by Crippen LogP contribution is 2.29. The number of aryl methyl sites for hydroxylation is 1. The van der Waals surface area contributed by atoms with Gasteiger partial charge in [-0.15, -0.1) is 0 Å². The molecule has 0 aliphatic rings. The number of rotatable bonds is 5. The highest BCUT2D eigenvalue weighted by atomic mass is 19.4. The number of hydrogen-bond acceptors (Lipinski definition) is 2. The lowest BCUT2D eigenvalue weighted by Crippen LogP contribution is -2.23. The summed E-state index contributed by atoms with van der Waals surface area (Å²) in [6.07, 6.45) is -3.89. The van der Waals surface area contributed by atoms with Crippen molar-refractivity contribution < 1.29 is 23.1 Å². The molecule has 0 atom stereocenters. The minimum atomic E-state index is -4.40. The van der Waals surface area contributed by atoms with Gasteiger partial charge in [0.05, 0.1) is 5.56 Å². The van der Waals surface area contributed by atoms with Crippen LogP contribution >= 0.6 is 0 Å². The first-order valence-corrected chi connectivity index (χ1v) is 7.06. The molecule has 0 aliphatic carbocycles. The van der Waals surface area contributed by atoms with Crippen molar-refractivity contribution in [1.29, 1.82) is 0 Å². The monoisotopic (exact) mass is 323 g/mol. The van der Waals surface area contributed by atoms with E-state index in [0.29, 0.717) is 17.5 Å². The summed E-state index contributed by atoms with van der Waals surface area (Å²) in [6.45, 7) is 0.0313. The molecule has 0 aliphatic heterocycles. The molecule has 0 saturated heterocycles. The standard InChI is InChI=1S/C17H16F3NO2/c18-17(19,20)14-6-3-4-12(10-14)11-21-16(23)9-8-13-5-1-2-7-15(13)22/h1-7,10,22H,8-9,11H2,(H,21,23). The van der Waals surface area contributed by atoms with E-state index >= 15 is 0 Å². The average molecular weight is 323 g/mol. The molecule has 0 saturated carbocycles. The van der Waals surface area contributed by atoms with Crippen LogP contribution in [-0.2, 0) is 23.9 Å². The van der Waals surface area contributed by atoms with Gasteiger partial charge in [0.15, 0.2) is 0 Å². The zero-order valence-electron chi connectivity index (χ0n) is 12.2. The van der Waals surface area contributed by atoms with Crippen LogP contribution in [-0.4, -0.2) is 11.0 Å². The Hall–Kier alpha value is -2.50. The largest absolute Gasteiger partial charge is 0.508 e. The van der Waals surface area contributed by atoms with Crippen molar-refractivity contribution in [3.8, 4) is 5.75 Å². The minimum absolute atomic E-state index is 0.0313. The van der Waals surface area contributed by atoms with Gasteiger partial charge in [-0.25, -0.2) is 0 Å². The molecule has 23 heavy (non-hydrogen) atoms. The number of phenolic OH excluding ortho intramolecular Hbond substituents is 1. The van der Waals surface area contributed by atoms with Crippen molar-refractivity contribution >= 4 is 5.91 Å². The molecule has 0 aromatic heterocycles. The Labute approximate surface area is 131 Å². The number of alkyl halides is 3. The quantitative estimate of drug-likeness (QED) is 0.882. The molecule has 6 heteroatoms. The van der Waals surface area contributed by atoms with Crippen LogP contribution in [0.5, 0.6) is 5.75 Å². The highest BCUT2D eigenvalue weighted by molar-refractivity contribution is 5.76. The summed E-state index contributed by atoms with van der Waals surface area (Å²) in [5.74, 6) is -0.163. The smallest absolute Gasteiger partial charge is 0.416 e. The maximum absolute atomic E-state index is 12.6. The van der Waals surface area contributed by atoms with E-state index < -0.39 is 11.7 Å². The van der Waals surface area contributed by atoms with Crippen LogP contribution in [0.3, 0.4) is 0 Å². The van der Waals surface area contributed by atoms with Gasteiger partial charge in [0.1, 0.15) is 5.75 Å². The normalized spacial score (nSPS) is 11.3. The van der Waals surface area contributed by atoms with Crippen molar-refractivity contribution in [2.45, 2.75) is 25.6 Å². The van der Waals surface area contributed by atoms with Gasteiger partial charge < -0.3 is 10.4 Å². The van der Waals surface area contributed by atoms with Crippen LogP contribution in [0.2, 0.25) is 0 Å². The summed E-state index contributed by atoms with van der Waals surface area (Å²) in [5.41, 5.74) is 0.302. The Morgan fingerprint density at radius 3 is 2.52 bits per heavy atom. The Balaban J connectivity index is 1.86. The Morgan fingerprint density at radius 2 is 1.83 bits per heavy atom. The molecular weight excluding hydrogens is 307 g/mol. The Bertz CT molecular complexity index is 684. The van der Waals surface area contributed by atoms with Gasteiger partial charge in [0.25, 0.3) is 0 Å². The molecule has 0 unspecified atom stereocenters. The minimum Gasteiger partial charge on any atom is -0.508 e. The predicted octanol–water partition coefficient (Wildman–Crippen LogP) is 3.66. The topological polar surface area (TPSA) is 49.3 Å². The highest BCUT2D eigenvalue weighted by Gasteiger charge is 2.30. The number of hydrogen-bond donors (Lipinski definition) is 2. The van der Waals surface area contributed by atoms with Crippen molar-refractivity contribution in [2.75, 3.05) is 0 Å². The third kappa shape index (κ3) is 5.02. The summed E-state index contributed by atoms with van der Waals surface area (Å²) in [4.78, 5) is 11.8. The third-order valence-electron chi connectivity index (χ3n) is 3.36. The Kier molecular flexibility index (Phi) is 5.26. The summed E-state index contributed by atoms with van der Waals surface area (Å²) in [6, 6.07) is 11.5. The van der Waals surface area contributed by atoms with E-state index in [-0.39, 0.29) is 24.6 Å². The summed E-state index contributed by atoms with van der Waals surface area (Å²) < 4.78 is 37.8. The van der Waals surface area contributed by atoms with E-state index in [9.17, 15) is 23.1 Å². The second-order valence-corrected chi connectivity index (χ2v) is 5.10. The molecule has 0 bridgehead atoms. The third-order valence-corrected chi connectivity index (χ3v) is 3.36. The molecule has 0 spiro atoms. The molecule has 0 heterocycles. The van der Waals surface area contributed by atoms with Crippen molar-refractivity contribution in [1.82, 2.24) is 5.32 Å². The number of halogens is 3. The van der Waals surface area contributed by atoms with E-state index in [0.717, 1.165) is 12.1 Å². The van der Waals surface area contributed by atoms with Crippen LogP contribution in [0.15, 0.2) is 48.5 Å². The number of amides is 1. The molecule has 2 rings (SSSR count). The molecule has 1 amide bonds. The van der Waals surface area contributed by atoms with Gasteiger partial charge in [-0.05, 0) is 35.7 Å². The number of carbonyl (C=O) groups excluding carboxylic acids is 1.